The van der Waals surface area contributed by atoms with Crippen LogP contribution in [-0.2, 0) is 9.59 Å². The molecule has 0 atom stereocenters. The van der Waals surface area contributed by atoms with Crippen molar-refractivity contribution in [2.75, 3.05) is 19.6 Å². The van der Waals surface area contributed by atoms with Crippen molar-refractivity contribution in [1.29, 1.82) is 0 Å². The number of nitrogens with zero attached hydrogens (tertiary/aromatic N) is 2. The minimum atomic E-state index is -0.0721. The van der Waals surface area contributed by atoms with Crippen molar-refractivity contribution in [3.8, 4) is 0 Å². The molecule has 2 heterocycles. The van der Waals surface area contributed by atoms with Crippen molar-refractivity contribution in [3.05, 3.63) is 22.2 Å². The third-order valence-electron chi connectivity index (χ3n) is 2.66. The largest absolute Gasteiger partial charge is 0.354 e. The molecular weight excluding hydrogens is 250 g/mol. The summed E-state index contributed by atoms with van der Waals surface area (Å²) in [6.07, 6.45) is 3.60. The summed E-state index contributed by atoms with van der Waals surface area (Å²) in [6, 6.07) is 0. The average molecular weight is 265 g/mol. The van der Waals surface area contributed by atoms with E-state index in [9.17, 15) is 9.59 Å². The van der Waals surface area contributed by atoms with Gasteiger partial charge in [0.05, 0.1) is 10.7 Å². The molecule has 1 aliphatic rings. The molecule has 0 bridgehead atoms. The number of nitrogens with one attached hydrogen (secondary N) is 1. The second-order valence-corrected chi connectivity index (χ2v) is 5.11. The average Bonchev–Trinajstić information content (AvgIpc) is 2.63. The van der Waals surface area contributed by atoms with Crippen LogP contribution in [0.1, 0.15) is 17.1 Å². The van der Waals surface area contributed by atoms with E-state index in [0.29, 0.717) is 26.1 Å². The third-order valence-corrected chi connectivity index (χ3v) is 3.45. The summed E-state index contributed by atoms with van der Waals surface area (Å²) >= 11 is 1.55. The monoisotopic (exact) mass is 265 g/mol. The maximum absolute atomic E-state index is 11.9. The number of carbonyl (C=O) groups excluding carboxylic acids is 2. The van der Waals surface area contributed by atoms with E-state index in [-0.39, 0.29) is 11.8 Å². The lowest BCUT2D eigenvalue weighted by Gasteiger charge is -2.16. The molecule has 2 rings (SSSR count). The highest BCUT2D eigenvalue weighted by atomic mass is 32.1. The van der Waals surface area contributed by atoms with Gasteiger partial charge in [-0.3, -0.25) is 9.59 Å². The minimum absolute atomic E-state index is 0.00408. The lowest BCUT2D eigenvalue weighted by molar-refractivity contribution is -0.125. The summed E-state index contributed by atoms with van der Waals surface area (Å²) in [5.41, 5.74) is 0.801. The van der Waals surface area contributed by atoms with Crippen LogP contribution in [-0.4, -0.2) is 41.3 Å². The van der Waals surface area contributed by atoms with Gasteiger partial charge in [0.15, 0.2) is 0 Å². The Hall–Kier alpha value is -1.69. The first-order valence-corrected chi connectivity index (χ1v) is 6.69. The van der Waals surface area contributed by atoms with Crippen LogP contribution in [0.25, 0.3) is 6.08 Å². The van der Waals surface area contributed by atoms with Gasteiger partial charge in [0.25, 0.3) is 0 Å². The topological polar surface area (TPSA) is 62.3 Å². The van der Waals surface area contributed by atoms with E-state index < -0.39 is 0 Å². The van der Waals surface area contributed by atoms with Gasteiger partial charge in [-0.15, -0.1) is 11.3 Å². The second-order valence-electron chi connectivity index (χ2n) is 4.05. The van der Waals surface area contributed by atoms with Crippen LogP contribution in [0.4, 0.5) is 0 Å². The van der Waals surface area contributed by atoms with Crippen LogP contribution in [0.5, 0.6) is 0 Å². The number of carbonyl (C=O) groups is 2. The number of aromatic nitrogens is 1. The molecular formula is C12H15N3O2S. The molecule has 96 valence electrons. The SMILES string of the molecule is Cc1nc(C=CC(=O)N2CCNC(=O)CC2)cs1. The van der Waals surface area contributed by atoms with E-state index in [1.165, 1.54) is 6.08 Å². The lowest BCUT2D eigenvalue weighted by atomic mass is 10.3. The van der Waals surface area contributed by atoms with Gasteiger partial charge >= 0.3 is 0 Å². The summed E-state index contributed by atoms with van der Waals surface area (Å²) in [5, 5.41) is 5.63. The Morgan fingerprint density at radius 2 is 2.39 bits per heavy atom. The van der Waals surface area contributed by atoms with Gasteiger partial charge in [0.1, 0.15) is 0 Å². The van der Waals surface area contributed by atoms with Crippen molar-refractivity contribution in [3.63, 3.8) is 0 Å². The highest BCUT2D eigenvalue weighted by Crippen LogP contribution is 2.09. The first-order valence-electron chi connectivity index (χ1n) is 5.81. The molecule has 1 aliphatic heterocycles. The Labute approximate surface area is 110 Å². The molecule has 1 fully saturated rings. The molecule has 0 saturated carbocycles. The van der Waals surface area contributed by atoms with E-state index >= 15 is 0 Å². The zero-order chi connectivity index (χ0) is 13.0. The fourth-order valence-electron chi connectivity index (χ4n) is 1.71. The predicted molar refractivity (Wildman–Crippen MR) is 70.1 cm³/mol. The molecule has 1 aromatic heterocycles. The fourth-order valence-corrected chi connectivity index (χ4v) is 2.29. The van der Waals surface area contributed by atoms with E-state index in [2.05, 4.69) is 10.3 Å². The van der Waals surface area contributed by atoms with Crippen LogP contribution < -0.4 is 5.32 Å². The van der Waals surface area contributed by atoms with Crippen LogP contribution in [0.3, 0.4) is 0 Å². The Bertz CT molecular complexity index is 481. The summed E-state index contributed by atoms with van der Waals surface area (Å²) in [4.78, 5) is 29.0. The molecule has 0 spiro atoms. The number of aryl methyl sites for hydroxylation is 1. The van der Waals surface area contributed by atoms with Gasteiger partial charge in [-0.25, -0.2) is 4.98 Å². The van der Waals surface area contributed by atoms with Crippen molar-refractivity contribution in [1.82, 2.24) is 15.2 Å². The first kappa shape index (κ1) is 12.8. The van der Waals surface area contributed by atoms with Crippen LogP contribution >= 0.6 is 11.3 Å². The normalized spacial score (nSPS) is 16.7. The van der Waals surface area contributed by atoms with Crippen LogP contribution in [0, 0.1) is 6.92 Å². The molecule has 0 aliphatic carbocycles. The first-order chi connectivity index (χ1) is 8.65. The molecule has 1 saturated heterocycles. The molecule has 1 N–H and O–H groups in total. The van der Waals surface area contributed by atoms with E-state index in [4.69, 9.17) is 0 Å². The highest BCUT2D eigenvalue weighted by molar-refractivity contribution is 7.09. The molecule has 0 unspecified atom stereocenters. The van der Waals surface area contributed by atoms with Gasteiger partial charge in [0, 0.05) is 37.5 Å². The van der Waals surface area contributed by atoms with Crippen molar-refractivity contribution in [2.45, 2.75) is 13.3 Å². The summed E-state index contributed by atoms with van der Waals surface area (Å²) in [7, 11) is 0. The molecule has 1 aromatic rings. The summed E-state index contributed by atoms with van der Waals surface area (Å²) in [5.74, 6) is -0.0680. The number of amides is 2. The van der Waals surface area contributed by atoms with Crippen molar-refractivity contribution in [2.24, 2.45) is 0 Å². The molecule has 6 heteroatoms. The predicted octanol–water partition coefficient (Wildman–Crippen LogP) is 0.813. The van der Waals surface area contributed by atoms with E-state index in [0.717, 1.165) is 10.7 Å². The van der Waals surface area contributed by atoms with E-state index in [1.54, 1.807) is 22.3 Å². The fraction of sp³-hybridized carbons (Fsp3) is 0.417. The number of thiazole rings is 1. The van der Waals surface area contributed by atoms with Gasteiger partial charge in [-0.2, -0.15) is 0 Å². The number of hydrogen-bond acceptors (Lipinski definition) is 4. The molecule has 5 nitrogen and oxygen atoms in total. The van der Waals surface area contributed by atoms with Gasteiger partial charge < -0.3 is 10.2 Å². The highest BCUT2D eigenvalue weighted by Gasteiger charge is 2.16. The maximum atomic E-state index is 11.9. The third kappa shape index (κ3) is 3.40. The minimum Gasteiger partial charge on any atom is -0.354 e. The van der Waals surface area contributed by atoms with Crippen molar-refractivity contribution < 1.29 is 9.59 Å². The molecule has 0 aromatic carbocycles. The van der Waals surface area contributed by atoms with Crippen molar-refractivity contribution >= 4 is 29.2 Å². The number of hydrogen-bond donors (Lipinski definition) is 1. The second kappa shape index (κ2) is 5.77. The Morgan fingerprint density at radius 1 is 1.56 bits per heavy atom. The molecule has 18 heavy (non-hydrogen) atoms. The van der Waals surface area contributed by atoms with Gasteiger partial charge in [-0.05, 0) is 13.0 Å². The Balaban J connectivity index is 1.94. The van der Waals surface area contributed by atoms with E-state index in [1.807, 2.05) is 12.3 Å². The standard InChI is InChI=1S/C12H15N3O2S/c1-9-14-10(8-18-9)2-3-12(17)15-6-4-11(16)13-5-7-15/h2-3,8H,4-7H2,1H3,(H,13,16). The number of rotatable bonds is 2. The van der Waals surface area contributed by atoms with Crippen LogP contribution in [0.15, 0.2) is 11.5 Å². The van der Waals surface area contributed by atoms with Gasteiger partial charge in [-0.1, -0.05) is 0 Å². The zero-order valence-corrected chi connectivity index (χ0v) is 11.0. The lowest BCUT2D eigenvalue weighted by Crippen LogP contribution is -2.32. The smallest absolute Gasteiger partial charge is 0.246 e. The Morgan fingerprint density at radius 3 is 3.11 bits per heavy atom. The maximum Gasteiger partial charge on any atom is 0.246 e. The summed E-state index contributed by atoms with van der Waals surface area (Å²) in [6.45, 7) is 3.49. The van der Waals surface area contributed by atoms with Crippen LogP contribution in [0.2, 0.25) is 0 Å². The quantitative estimate of drug-likeness (QED) is 0.805. The molecule has 0 radical (unpaired) electrons. The Kier molecular flexibility index (Phi) is 4.09. The molecule has 2 amide bonds. The summed E-state index contributed by atoms with van der Waals surface area (Å²) < 4.78 is 0. The zero-order valence-electron chi connectivity index (χ0n) is 10.2. The van der Waals surface area contributed by atoms with Gasteiger partial charge in [0.2, 0.25) is 11.8 Å².